The van der Waals surface area contributed by atoms with E-state index < -0.39 is 0 Å². The first-order valence-corrected chi connectivity index (χ1v) is 6.23. The maximum absolute atomic E-state index is 6.17. The molecule has 6 nitrogen and oxygen atoms in total. The number of hydrogen-bond acceptors (Lipinski definition) is 4. The van der Waals surface area contributed by atoms with Gasteiger partial charge in [-0.25, -0.2) is 4.98 Å². The van der Waals surface area contributed by atoms with Gasteiger partial charge in [-0.2, -0.15) is 0 Å². The molecule has 6 heteroatoms. The number of para-hydroxylation sites is 2. The molecule has 2 heterocycles. The van der Waals surface area contributed by atoms with Gasteiger partial charge in [-0.3, -0.25) is 4.68 Å². The average Bonchev–Trinajstić information content (AvgIpc) is 2.97. The number of benzene rings is 1. The smallest absolute Gasteiger partial charge is 0.0958 e. The van der Waals surface area contributed by atoms with E-state index in [2.05, 4.69) is 25.9 Å². The minimum absolute atomic E-state index is 0.00527. The van der Waals surface area contributed by atoms with Crippen LogP contribution in [0, 0.1) is 0 Å². The van der Waals surface area contributed by atoms with E-state index >= 15 is 0 Å². The second-order valence-electron chi connectivity index (χ2n) is 4.73. The van der Waals surface area contributed by atoms with E-state index in [4.69, 9.17) is 5.73 Å². The van der Waals surface area contributed by atoms with E-state index in [0.717, 1.165) is 23.3 Å². The predicted octanol–water partition coefficient (Wildman–Crippen LogP) is 0.735. The SMILES string of the molecule is Cn1cc(CC(N)Cn2cnc3ccccc32)nn1. The molecule has 0 aliphatic carbocycles. The summed E-state index contributed by atoms with van der Waals surface area (Å²) in [6.07, 6.45) is 4.44. The highest BCUT2D eigenvalue weighted by molar-refractivity contribution is 5.74. The van der Waals surface area contributed by atoms with Gasteiger partial charge in [0, 0.05) is 32.3 Å². The second kappa shape index (κ2) is 4.81. The fourth-order valence-corrected chi connectivity index (χ4v) is 2.23. The molecule has 3 rings (SSSR count). The van der Waals surface area contributed by atoms with E-state index in [0.29, 0.717) is 6.42 Å². The number of hydrogen-bond donors (Lipinski definition) is 1. The van der Waals surface area contributed by atoms with E-state index in [1.807, 2.05) is 37.8 Å². The van der Waals surface area contributed by atoms with Crippen LogP contribution in [0.15, 0.2) is 36.8 Å². The van der Waals surface area contributed by atoms with Crippen LogP contribution in [-0.2, 0) is 20.0 Å². The fourth-order valence-electron chi connectivity index (χ4n) is 2.23. The van der Waals surface area contributed by atoms with Crippen LogP contribution >= 0.6 is 0 Å². The molecule has 2 N–H and O–H groups in total. The zero-order chi connectivity index (χ0) is 13.2. The molecule has 0 radical (unpaired) electrons. The molecule has 0 aliphatic heterocycles. The summed E-state index contributed by atoms with van der Waals surface area (Å²) in [4.78, 5) is 4.36. The molecule has 3 aromatic rings. The van der Waals surface area contributed by atoms with Crippen molar-refractivity contribution < 1.29 is 0 Å². The van der Waals surface area contributed by atoms with Gasteiger partial charge in [-0.15, -0.1) is 5.10 Å². The molecular formula is C13H16N6. The fraction of sp³-hybridized carbons (Fsp3) is 0.308. The number of rotatable bonds is 4. The Hall–Kier alpha value is -2.21. The van der Waals surface area contributed by atoms with Gasteiger partial charge in [0.15, 0.2) is 0 Å². The van der Waals surface area contributed by atoms with Crippen molar-refractivity contribution >= 4 is 11.0 Å². The normalized spacial score (nSPS) is 12.9. The van der Waals surface area contributed by atoms with Crippen LogP contribution in [0.2, 0.25) is 0 Å². The Morgan fingerprint density at radius 2 is 2.16 bits per heavy atom. The third-order valence-electron chi connectivity index (χ3n) is 3.08. The van der Waals surface area contributed by atoms with Crippen LogP contribution in [-0.4, -0.2) is 30.6 Å². The first kappa shape index (κ1) is 11.9. The summed E-state index contributed by atoms with van der Waals surface area (Å²) >= 11 is 0. The first-order valence-electron chi connectivity index (χ1n) is 6.23. The highest BCUT2D eigenvalue weighted by atomic mass is 15.4. The Kier molecular flexibility index (Phi) is 3.00. The van der Waals surface area contributed by atoms with Crippen LogP contribution in [0.5, 0.6) is 0 Å². The van der Waals surface area contributed by atoms with Crippen molar-refractivity contribution in [3.05, 3.63) is 42.5 Å². The third-order valence-corrected chi connectivity index (χ3v) is 3.08. The van der Waals surface area contributed by atoms with Crippen molar-refractivity contribution in [2.45, 2.75) is 19.0 Å². The highest BCUT2D eigenvalue weighted by Crippen LogP contribution is 2.12. The zero-order valence-corrected chi connectivity index (χ0v) is 10.8. The molecule has 0 spiro atoms. The quantitative estimate of drug-likeness (QED) is 0.747. The molecule has 1 atom stereocenters. The summed E-state index contributed by atoms with van der Waals surface area (Å²) in [6.45, 7) is 0.719. The molecule has 0 saturated carbocycles. The van der Waals surface area contributed by atoms with Crippen molar-refractivity contribution in [3.8, 4) is 0 Å². The Bertz CT molecular complexity index is 683. The van der Waals surface area contributed by atoms with Crippen LogP contribution < -0.4 is 5.73 Å². The summed E-state index contributed by atoms with van der Waals surface area (Å²) in [5, 5.41) is 7.96. The van der Waals surface area contributed by atoms with Crippen LogP contribution in [0.1, 0.15) is 5.69 Å². The van der Waals surface area contributed by atoms with Crippen LogP contribution in [0.25, 0.3) is 11.0 Å². The molecule has 98 valence electrons. The zero-order valence-electron chi connectivity index (χ0n) is 10.8. The molecule has 0 aliphatic rings. The van der Waals surface area contributed by atoms with E-state index in [9.17, 15) is 0 Å². The third kappa shape index (κ3) is 2.48. The van der Waals surface area contributed by atoms with Gasteiger partial charge in [0.2, 0.25) is 0 Å². The maximum Gasteiger partial charge on any atom is 0.0958 e. The van der Waals surface area contributed by atoms with Crippen molar-refractivity contribution in [2.24, 2.45) is 12.8 Å². The first-order chi connectivity index (χ1) is 9.22. The highest BCUT2D eigenvalue weighted by Gasteiger charge is 2.10. The van der Waals surface area contributed by atoms with E-state index in [1.54, 1.807) is 4.68 Å². The maximum atomic E-state index is 6.17. The summed E-state index contributed by atoms with van der Waals surface area (Å²) in [7, 11) is 1.85. The number of fused-ring (bicyclic) bond motifs is 1. The van der Waals surface area contributed by atoms with Gasteiger partial charge < -0.3 is 10.3 Å². The van der Waals surface area contributed by atoms with Crippen molar-refractivity contribution in [1.82, 2.24) is 24.5 Å². The molecule has 19 heavy (non-hydrogen) atoms. The van der Waals surface area contributed by atoms with Gasteiger partial charge in [0.1, 0.15) is 0 Å². The Morgan fingerprint density at radius 3 is 2.95 bits per heavy atom. The molecule has 0 bridgehead atoms. The number of aryl methyl sites for hydroxylation is 1. The monoisotopic (exact) mass is 256 g/mol. The minimum Gasteiger partial charge on any atom is -0.329 e. The van der Waals surface area contributed by atoms with Gasteiger partial charge in [-0.05, 0) is 12.1 Å². The lowest BCUT2D eigenvalue weighted by Crippen LogP contribution is -2.28. The van der Waals surface area contributed by atoms with Gasteiger partial charge in [0.25, 0.3) is 0 Å². The minimum atomic E-state index is -0.00527. The van der Waals surface area contributed by atoms with Crippen molar-refractivity contribution in [3.63, 3.8) is 0 Å². The van der Waals surface area contributed by atoms with E-state index in [1.165, 1.54) is 0 Å². The summed E-state index contributed by atoms with van der Waals surface area (Å²) in [5.41, 5.74) is 9.19. The molecule has 2 aromatic heterocycles. The van der Waals surface area contributed by atoms with Crippen molar-refractivity contribution in [2.75, 3.05) is 0 Å². The van der Waals surface area contributed by atoms with Crippen molar-refractivity contribution in [1.29, 1.82) is 0 Å². The van der Waals surface area contributed by atoms with Crippen LogP contribution in [0.4, 0.5) is 0 Å². The Morgan fingerprint density at radius 1 is 1.32 bits per heavy atom. The number of aromatic nitrogens is 5. The van der Waals surface area contributed by atoms with E-state index in [-0.39, 0.29) is 6.04 Å². The summed E-state index contributed by atoms with van der Waals surface area (Å²) in [6, 6.07) is 8.04. The summed E-state index contributed by atoms with van der Waals surface area (Å²) < 4.78 is 3.77. The number of nitrogens with zero attached hydrogens (tertiary/aromatic N) is 5. The molecular weight excluding hydrogens is 240 g/mol. The lowest BCUT2D eigenvalue weighted by Gasteiger charge is -2.11. The van der Waals surface area contributed by atoms with Crippen LogP contribution in [0.3, 0.4) is 0 Å². The Labute approximate surface area is 110 Å². The lowest BCUT2D eigenvalue weighted by molar-refractivity contribution is 0.553. The Balaban J connectivity index is 1.74. The molecule has 0 saturated heterocycles. The van der Waals surface area contributed by atoms with Gasteiger partial charge >= 0.3 is 0 Å². The largest absolute Gasteiger partial charge is 0.329 e. The standard InChI is InChI=1S/C13H16N6/c1-18-8-11(16-17-18)6-10(14)7-19-9-15-12-4-2-3-5-13(12)19/h2-5,8-10H,6-7,14H2,1H3. The second-order valence-corrected chi connectivity index (χ2v) is 4.73. The van der Waals surface area contributed by atoms with Gasteiger partial charge in [0.05, 0.1) is 23.1 Å². The molecule has 0 fully saturated rings. The van der Waals surface area contributed by atoms with Gasteiger partial charge in [-0.1, -0.05) is 17.3 Å². The lowest BCUT2D eigenvalue weighted by atomic mass is 10.2. The number of nitrogens with two attached hydrogens (primary N) is 1. The molecule has 1 unspecified atom stereocenters. The summed E-state index contributed by atoms with van der Waals surface area (Å²) in [5.74, 6) is 0. The topological polar surface area (TPSA) is 74.5 Å². The molecule has 0 amide bonds. The predicted molar refractivity (Wildman–Crippen MR) is 72.4 cm³/mol. The molecule has 1 aromatic carbocycles. The average molecular weight is 256 g/mol. The number of imidazole rings is 1.